The monoisotopic (exact) mass is 234 g/mol. The van der Waals surface area contributed by atoms with Crippen molar-refractivity contribution in [2.24, 2.45) is 5.92 Å². The number of benzene rings is 1. The van der Waals surface area contributed by atoms with Gasteiger partial charge in [0.05, 0.1) is 5.92 Å². The number of amides is 2. The molecule has 1 heterocycles. The fraction of sp³-hybridized carbons (Fsp3) is 0.333. The average Bonchev–Trinajstić information content (AvgIpc) is 2.25. The lowest BCUT2D eigenvalue weighted by Gasteiger charge is -2.35. The lowest BCUT2D eigenvalue weighted by atomic mass is 10.00. The van der Waals surface area contributed by atoms with E-state index in [-0.39, 0.29) is 11.8 Å². The molecule has 5 heteroatoms. The minimum Gasteiger partial charge on any atom is -0.465 e. The third kappa shape index (κ3) is 2.75. The molecule has 0 spiro atoms. The van der Waals surface area contributed by atoms with Crippen LogP contribution in [0.3, 0.4) is 0 Å². The molecule has 0 aromatic heterocycles. The van der Waals surface area contributed by atoms with Crippen molar-refractivity contribution in [2.75, 3.05) is 13.1 Å². The highest BCUT2D eigenvalue weighted by Crippen LogP contribution is 2.15. The van der Waals surface area contributed by atoms with Crippen molar-refractivity contribution in [1.29, 1.82) is 0 Å². The normalized spacial score (nSPS) is 15.2. The Morgan fingerprint density at radius 3 is 2.53 bits per heavy atom. The van der Waals surface area contributed by atoms with E-state index in [2.05, 4.69) is 5.32 Å². The van der Waals surface area contributed by atoms with Gasteiger partial charge in [0.25, 0.3) is 0 Å². The summed E-state index contributed by atoms with van der Waals surface area (Å²) >= 11 is 0. The lowest BCUT2D eigenvalue weighted by molar-refractivity contribution is -0.129. The fourth-order valence-corrected chi connectivity index (χ4v) is 1.73. The van der Waals surface area contributed by atoms with Crippen LogP contribution in [0.4, 0.5) is 4.79 Å². The van der Waals surface area contributed by atoms with Crippen LogP contribution in [0.25, 0.3) is 0 Å². The number of carbonyl (C=O) groups is 2. The van der Waals surface area contributed by atoms with Gasteiger partial charge in [-0.25, -0.2) is 4.79 Å². The number of nitrogens with zero attached hydrogens (tertiary/aromatic N) is 1. The predicted octanol–water partition coefficient (Wildman–Crippen LogP) is 0.913. The molecule has 2 amide bonds. The third-order valence-electron chi connectivity index (χ3n) is 2.83. The summed E-state index contributed by atoms with van der Waals surface area (Å²) in [4.78, 5) is 23.4. The van der Waals surface area contributed by atoms with E-state index in [4.69, 9.17) is 5.11 Å². The third-order valence-corrected chi connectivity index (χ3v) is 2.83. The number of carboxylic acid groups (broad SMARTS) is 1. The minimum absolute atomic E-state index is 0.0775. The van der Waals surface area contributed by atoms with Gasteiger partial charge in [-0.1, -0.05) is 30.3 Å². The quantitative estimate of drug-likeness (QED) is 0.816. The van der Waals surface area contributed by atoms with Crippen molar-refractivity contribution in [3.63, 3.8) is 0 Å². The summed E-state index contributed by atoms with van der Waals surface area (Å²) < 4.78 is 0. The van der Waals surface area contributed by atoms with Crippen LogP contribution in [0.15, 0.2) is 30.3 Å². The molecule has 0 unspecified atom stereocenters. The first-order chi connectivity index (χ1) is 8.16. The van der Waals surface area contributed by atoms with Crippen molar-refractivity contribution in [2.45, 2.75) is 6.54 Å². The predicted molar refractivity (Wildman–Crippen MR) is 61.4 cm³/mol. The molecular formula is C12H14N2O3. The first-order valence-electron chi connectivity index (χ1n) is 5.46. The molecule has 1 aromatic carbocycles. The topological polar surface area (TPSA) is 69.6 Å². The Labute approximate surface area is 99.0 Å². The summed E-state index contributed by atoms with van der Waals surface area (Å²) in [5.74, 6) is -0.277. The summed E-state index contributed by atoms with van der Waals surface area (Å²) in [6.07, 6.45) is -0.961. The number of hydrogen-bond acceptors (Lipinski definition) is 2. The zero-order chi connectivity index (χ0) is 12.3. The van der Waals surface area contributed by atoms with Crippen LogP contribution in [0.5, 0.6) is 0 Å². The zero-order valence-corrected chi connectivity index (χ0v) is 9.30. The van der Waals surface area contributed by atoms with Gasteiger partial charge in [-0.15, -0.1) is 0 Å². The average molecular weight is 234 g/mol. The van der Waals surface area contributed by atoms with Crippen LogP contribution >= 0.6 is 0 Å². The second-order valence-electron chi connectivity index (χ2n) is 4.09. The SMILES string of the molecule is O=C(NCc1ccccc1)C1CN(C(=O)O)C1. The van der Waals surface area contributed by atoms with Gasteiger partial charge in [-0.2, -0.15) is 0 Å². The fourth-order valence-electron chi connectivity index (χ4n) is 1.73. The van der Waals surface area contributed by atoms with Gasteiger partial charge in [0, 0.05) is 19.6 Å². The molecule has 17 heavy (non-hydrogen) atoms. The number of likely N-dealkylation sites (tertiary alicyclic amines) is 1. The Balaban J connectivity index is 1.74. The van der Waals surface area contributed by atoms with Crippen LogP contribution in [-0.4, -0.2) is 35.1 Å². The molecule has 1 saturated heterocycles. The molecule has 2 N–H and O–H groups in total. The maximum atomic E-state index is 11.6. The minimum atomic E-state index is -0.961. The van der Waals surface area contributed by atoms with Gasteiger partial charge in [-0.3, -0.25) is 4.79 Å². The molecule has 1 fully saturated rings. The molecular weight excluding hydrogens is 220 g/mol. The number of nitrogens with one attached hydrogen (secondary N) is 1. The van der Waals surface area contributed by atoms with E-state index >= 15 is 0 Å². The van der Waals surface area contributed by atoms with Crippen LogP contribution in [0, 0.1) is 5.92 Å². The van der Waals surface area contributed by atoms with Gasteiger partial charge in [0.15, 0.2) is 0 Å². The largest absolute Gasteiger partial charge is 0.465 e. The van der Waals surface area contributed by atoms with Gasteiger partial charge < -0.3 is 15.3 Å². The summed E-state index contributed by atoms with van der Waals surface area (Å²) in [7, 11) is 0. The number of carbonyl (C=O) groups excluding carboxylic acids is 1. The highest BCUT2D eigenvalue weighted by molar-refractivity contribution is 5.82. The molecule has 1 aromatic rings. The van der Waals surface area contributed by atoms with Crippen LogP contribution in [0.1, 0.15) is 5.56 Å². The number of hydrogen-bond donors (Lipinski definition) is 2. The molecule has 0 atom stereocenters. The van der Waals surface area contributed by atoms with Crippen LogP contribution in [0.2, 0.25) is 0 Å². The van der Waals surface area contributed by atoms with Gasteiger partial charge in [-0.05, 0) is 5.56 Å². The molecule has 1 aliphatic heterocycles. The van der Waals surface area contributed by atoms with Crippen molar-refractivity contribution < 1.29 is 14.7 Å². The molecule has 5 nitrogen and oxygen atoms in total. The van der Waals surface area contributed by atoms with E-state index in [1.54, 1.807) is 0 Å². The van der Waals surface area contributed by atoms with Crippen molar-refractivity contribution in [3.05, 3.63) is 35.9 Å². The molecule has 90 valence electrons. The molecule has 2 rings (SSSR count). The maximum absolute atomic E-state index is 11.6. The van der Waals surface area contributed by atoms with E-state index in [0.29, 0.717) is 19.6 Å². The molecule has 0 radical (unpaired) electrons. The smallest absolute Gasteiger partial charge is 0.407 e. The first-order valence-corrected chi connectivity index (χ1v) is 5.46. The second kappa shape index (κ2) is 4.86. The number of rotatable bonds is 3. The Kier molecular flexibility index (Phi) is 3.27. The zero-order valence-electron chi connectivity index (χ0n) is 9.30. The van der Waals surface area contributed by atoms with Crippen LogP contribution < -0.4 is 5.32 Å². The lowest BCUT2D eigenvalue weighted by Crippen LogP contribution is -2.55. The van der Waals surface area contributed by atoms with E-state index in [9.17, 15) is 9.59 Å². The van der Waals surface area contributed by atoms with E-state index < -0.39 is 6.09 Å². The van der Waals surface area contributed by atoms with Gasteiger partial charge >= 0.3 is 6.09 Å². The van der Waals surface area contributed by atoms with E-state index in [1.165, 1.54) is 4.90 Å². The van der Waals surface area contributed by atoms with Gasteiger partial charge in [0.2, 0.25) is 5.91 Å². The van der Waals surface area contributed by atoms with E-state index in [1.807, 2.05) is 30.3 Å². The summed E-state index contributed by atoms with van der Waals surface area (Å²) in [5.41, 5.74) is 1.04. The van der Waals surface area contributed by atoms with Gasteiger partial charge in [0.1, 0.15) is 0 Å². The molecule has 0 saturated carbocycles. The second-order valence-corrected chi connectivity index (χ2v) is 4.09. The summed E-state index contributed by atoms with van der Waals surface area (Å²) in [6.45, 7) is 1.09. The highest BCUT2D eigenvalue weighted by atomic mass is 16.4. The Morgan fingerprint density at radius 2 is 1.94 bits per heavy atom. The van der Waals surface area contributed by atoms with Crippen molar-refractivity contribution >= 4 is 12.0 Å². The standard InChI is InChI=1S/C12H14N2O3/c15-11(10-7-14(8-10)12(16)17)13-6-9-4-2-1-3-5-9/h1-5,10H,6-8H2,(H,13,15)(H,16,17). The van der Waals surface area contributed by atoms with Crippen LogP contribution in [-0.2, 0) is 11.3 Å². The molecule has 1 aliphatic rings. The highest BCUT2D eigenvalue weighted by Gasteiger charge is 2.35. The Hall–Kier alpha value is -2.04. The summed E-state index contributed by atoms with van der Waals surface area (Å²) in [6, 6.07) is 9.62. The molecule has 0 aliphatic carbocycles. The van der Waals surface area contributed by atoms with Crippen molar-refractivity contribution in [3.8, 4) is 0 Å². The molecule has 0 bridgehead atoms. The maximum Gasteiger partial charge on any atom is 0.407 e. The first kappa shape index (κ1) is 11.4. The Bertz CT molecular complexity index is 413. The Morgan fingerprint density at radius 1 is 1.29 bits per heavy atom. The summed E-state index contributed by atoms with van der Waals surface area (Å²) in [5, 5.41) is 11.4. The van der Waals surface area contributed by atoms with Crippen molar-refractivity contribution in [1.82, 2.24) is 10.2 Å². The van der Waals surface area contributed by atoms with E-state index in [0.717, 1.165) is 5.56 Å².